The molecule has 0 saturated heterocycles. The lowest BCUT2D eigenvalue weighted by Gasteiger charge is -2.13. The lowest BCUT2D eigenvalue weighted by Crippen LogP contribution is -2.41. The lowest BCUT2D eigenvalue weighted by molar-refractivity contribution is -0.117. The largest absolute Gasteiger partial charge is 0.497 e. The standard InChI is InChI=1S/C20H20N4O3S/c1-12-7-4-5-10-16(12)18(26)21-13(2)17(25)22-20-24-23-19(28-20)14-8-6-9-15(11-14)27-3/h4-11,13H,1-3H3,(H,21,26)(H,22,24,25)/t13-/m0/s1. The number of nitrogens with one attached hydrogen (secondary N) is 2. The fraction of sp³-hybridized carbons (Fsp3) is 0.200. The third-order valence-electron chi connectivity index (χ3n) is 4.10. The van der Waals surface area contributed by atoms with Gasteiger partial charge in [0.25, 0.3) is 5.91 Å². The molecule has 0 aliphatic heterocycles. The van der Waals surface area contributed by atoms with Crippen LogP contribution in [0.3, 0.4) is 0 Å². The van der Waals surface area contributed by atoms with Crippen LogP contribution in [0.25, 0.3) is 10.6 Å². The van der Waals surface area contributed by atoms with E-state index in [0.29, 0.717) is 21.5 Å². The van der Waals surface area contributed by atoms with E-state index in [9.17, 15) is 9.59 Å². The molecule has 0 radical (unpaired) electrons. The third kappa shape index (κ3) is 4.52. The van der Waals surface area contributed by atoms with Crippen molar-refractivity contribution in [1.29, 1.82) is 0 Å². The number of ether oxygens (including phenoxy) is 1. The van der Waals surface area contributed by atoms with Crippen molar-refractivity contribution in [1.82, 2.24) is 15.5 Å². The number of hydrogen-bond donors (Lipinski definition) is 2. The Bertz CT molecular complexity index is 1000. The number of amides is 2. The Morgan fingerprint density at radius 1 is 1.11 bits per heavy atom. The van der Waals surface area contributed by atoms with Crippen molar-refractivity contribution in [3.63, 3.8) is 0 Å². The number of aromatic nitrogens is 2. The number of benzene rings is 2. The summed E-state index contributed by atoms with van der Waals surface area (Å²) in [5.74, 6) is 0.0520. The minimum atomic E-state index is -0.726. The Morgan fingerprint density at radius 3 is 2.64 bits per heavy atom. The molecule has 2 aromatic carbocycles. The fourth-order valence-corrected chi connectivity index (χ4v) is 3.27. The van der Waals surface area contributed by atoms with E-state index in [2.05, 4.69) is 20.8 Å². The summed E-state index contributed by atoms with van der Waals surface area (Å²) < 4.78 is 5.21. The van der Waals surface area contributed by atoms with E-state index < -0.39 is 6.04 Å². The van der Waals surface area contributed by atoms with Crippen LogP contribution in [0.4, 0.5) is 5.13 Å². The minimum Gasteiger partial charge on any atom is -0.497 e. The van der Waals surface area contributed by atoms with Gasteiger partial charge < -0.3 is 10.1 Å². The summed E-state index contributed by atoms with van der Waals surface area (Å²) in [6, 6.07) is 13.9. The Balaban J connectivity index is 1.64. The first kappa shape index (κ1) is 19.5. The van der Waals surface area contributed by atoms with Crippen LogP contribution in [0.2, 0.25) is 0 Å². The van der Waals surface area contributed by atoms with Gasteiger partial charge in [-0.05, 0) is 37.6 Å². The van der Waals surface area contributed by atoms with Crippen LogP contribution < -0.4 is 15.4 Å². The van der Waals surface area contributed by atoms with Crippen LogP contribution in [0.15, 0.2) is 48.5 Å². The van der Waals surface area contributed by atoms with Crippen LogP contribution in [-0.4, -0.2) is 35.2 Å². The van der Waals surface area contributed by atoms with Crippen molar-refractivity contribution in [2.75, 3.05) is 12.4 Å². The average molecular weight is 396 g/mol. The van der Waals surface area contributed by atoms with E-state index in [1.54, 1.807) is 26.2 Å². The van der Waals surface area contributed by atoms with Crippen molar-refractivity contribution in [3.8, 4) is 16.3 Å². The molecule has 0 fully saturated rings. The van der Waals surface area contributed by atoms with E-state index in [1.807, 2.05) is 43.3 Å². The SMILES string of the molecule is COc1cccc(-c2nnc(NC(=O)[C@H](C)NC(=O)c3ccccc3C)s2)c1. The zero-order chi connectivity index (χ0) is 20.1. The van der Waals surface area contributed by atoms with Crippen LogP contribution >= 0.6 is 11.3 Å². The third-order valence-corrected chi connectivity index (χ3v) is 4.99. The van der Waals surface area contributed by atoms with E-state index in [0.717, 1.165) is 11.1 Å². The summed E-state index contributed by atoms with van der Waals surface area (Å²) in [5, 5.41) is 14.5. The van der Waals surface area contributed by atoms with Crippen molar-refractivity contribution < 1.29 is 14.3 Å². The number of anilines is 1. The molecule has 28 heavy (non-hydrogen) atoms. The predicted molar refractivity (Wildman–Crippen MR) is 109 cm³/mol. The summed E-state index contributed by atoms with van der Waals surface area (Å²) >= 11 is 1.25. The van der Waals surface area contributed by atoms with Crippen molar-refractivity contribution in [2.45, 2.75) is 19.9 Å². The molecule has 0 spiro atoms. The second kappa shape index (κ2) is 8.62. The van der Waals surface area contributed by atoms with Gasteiger partial charge in [0.1, 0.15) is 16.8 Å². The maximum atomic E-state index is 12.4. The number of hydrogen-bond acceptors (Lipinski definition) is 6. The summed E-state index contributed by atoms with van der Waals surface area (Å²) in [4.78, 5) is 24.8. The number of nitrogens with zero attached hydrogens (tertiary/aromatic N) is 2. The Hall–Kier alpha value is -3.26. The molecule has 2 amide bonds. The second-order valence-electron chi connectivity index (χ2n) is 6.14. The summed E-state index contributed by atoms with van der Waals surface area (Å²) in [7, 11) is 1.59. The van der Waals surface area contributed by atoms with Gasteiger partial charge in [0.05, 0.1) is 7.11 Å². The van der Waals surface area contributed by atoms with Gasteiger partial charge in [-0.2, -0.15) is 0 Å². The average Bonchev–Trinajstić information content (AvgIpc) is 3.16. The maximum Gasteiger partial charge on any atom is 0.252 e. The highest BCUT2D eigenvalue weighted by Gasteiger charge is 2.19. The highest BCUT2D eigenvalue weighted by Crippen LogP contribution is 2.28. The Morgan fingerprint density at radius 2 is 1.89 bits per heavy atom. The Labute approximate surface area is 166 Å². The molecule has 3 aromatic rings. The predicted octanol–water partition coefficient (Wildman–Crippen LogP) is 3.28. The zero-order valence-electron chi connectivity index (χ0n) is 15.7. The van der Waals surface area contributed by atoms with Crippen LogP contribution in [0, 0.1) is 6.92 Å². The first-order valence-electron chi connectivity index (χ1n) is 8.63. The number of methoxy groups -OCH3 is 1. The number of carbonyl (C=O) groups excluding carboxylic acids is 2. The number of rotatable bonds is 6. The first-order chi connectivity index (χ1) is 13.5. The fourth-order valence-electron chi connectivity index (χ4n) is 2.53. The van der Waals surface area contributed by atoms with E-state index in [1.165, 1.54) is 11.3 Å². The number of aryl methyl sites for hydroxylation is 1. The molecule has 0 saturated carbocycles. The van der Waals surface area contributed by atoms with Crippen LogP contribution in [-0.2, 0) is 4.79 Å². The quantitative estimate of drug-likeness (QED) is 0.667. The summed E-state index contributed by atoms with van der Waals surface area (Å²) in [5.41, 5.74) is 2.23. The molecule has 1 heterocycles. The smallest absolute Gasteiger partial charge is 0.252 e. The molecule has 0 bridgehead atoms. The summed E-state index contributed by atoms with van der Waals surface area (Å²) in [6.07, 6.45) is 0. The van der Waals surface area contributed by atoms with Gasteiger partial charge in [-0.15, -0.1) is 10.2 Å². The van der Waals surface area contributed by atoms with Crippen molar-refractivity contribution >= 4 is 28.3 Å². The highest BCUT2D eigenvalue weighted by atomic mass is 32.1. The molecule has 144 valence electrons. The molecule has 0 aliphatic carbocycles. The van der Waals surface area contributed by atoms with E-state index in [-0.39, 0.29) is 11.8 Å². The van der Waals surface area contributed by atoms with Gasteiger partial charge in [-0.3, -0.25) is 14.9 Å². The minimum absolute atomic E-state index is 0.296. The summed E-state index contributed by atoms with van der Waals surface area (Å²) in [6.45, 7) is 3.47. The first-order valence-corrected chi connectivity index (χ1v) is 9.45. The topological polar surface area (TPSA) is 93.2 Å². The molecule has 1 aromatic heterocycles. The van der Waals surface area contributed by atoms with Crippen LogP contribution in [0.5, 0.6) is 5.75 Å². The molecular weight excluding hydrogens is 376 g/mol. The van der Waals surface area contributed by atoms with Crippen molar-refractivity contribution in [2.24, 2.45) is 0 Å². The normalized spacial score (nSPS) is 11.5. The van der Waals surface area contributed by atoms with Gasteiger partial charge in [0, 0.05) is 11.1 Å². The molecule has 0 aliphatic rings. The molecule has 3 rings (SSSR count). The van der Waals surface area contributed by atoms with Gasteiger partial charge >= 0.3 is 0 Å². The van der Waals surface area contributed by atoms with Gasteiger partial charge in [0.15, 0.2) is 0 Å². The molecule has 2 N–H and O–H groups in total. The van der Waals surface area contributed by atoms with E-state index in [4.69, 9.17) is 4.74 Å². The molecule has 1 atom stereocenters. The van der Waals surface area contributed by atoms with Crippen molar-refractivity contribution in [3.05, 3.63) is 59.7 Å². The van der Waals surface area contributed by atoms with Gasteiger partial charge in [-0.25, -0.2) is 0 Å². The van der Waals surface area contributed by atoms with E-state index >= 15 is 0 Å². The Kier molecular flexibility index (Phi) is 6.00. The molecule has 7 nitrogen and oxygen atoms in total. The number of carbonyl (C=O) groups is 2. The van der Waals surface area contributed by atoms with Crippen LogP contribution in [0.1, 0.15) is 22.8 Å². The van der Waals surface area contributed by atoms with Gasteiger partial charge in [-0.1, -0.05) is 41.7 Å². The van der Waals surface area contributed by atoms with Gasteiger partial charge in [0.2, 0.25) is 11.0 Å². The maximum absolute atomic E-state index is 12.4. The monoisotopic (exact) mass is 396 g/mol. The molecule has 8 heteroatoms. The molecular formula is C20H20N4O3S. The highest BCUT2D eigenvalue weighted by molar-refractivity contribution is 7.18. The zero-order valence-corrected chi connectivity index (χ0v) is 16.5. The lowest BCUT2D eigenvalue weighted by atomic mass is 10.1. The molecule has 0 unspecified atom stereocenters. The second-order valence-corrected chi connectivity index (χ2v) is 7.12.